The molecule has 2 aliphatic rings. The van der Waals surface area contributed by atoms with Crippen molar-refractivity contribution in [3.63, 3.8) is 0 Å². The lowest BCUT2D eigenvalue weighted by Gasteiger charge is -2.46. The van der Waals surface area contributed by atoms with Crippen LogP contribution in [0.2, 0.25) is 0 Å². The van der Waals surface area contributed by atoms with Crippen LogP contribution < -0.4 is 0 Å². The quantitative estimate of drug-likeness (QED) is 0.171. The third kappa shape index (κ3) is 5.20. The summed E-state index contributed by atoms with van der Waals surface area (Å²) in [5.74, 6) is 0. The first-order chi connectivity index (χ1) is 28.5. The summed E-state index contributed by atoms with van der Waals surface area (Å²) in [6.45, 7) is 4.76. The molecule has 8 aromatic carbocycles. The number of hydrogen-bond acceptors (Lipinski definition) is 1. The number of aromatic nitrogens is 1. The van der Waals surface area contributed by atoms with Gasteiger partial charge in [-0.3, -0.25) is 0 Å². The topological polar surface area (TPSA) is 12.9 Å². The Morgan fingerprint density at radius 1 is 0.276 bits per heavy atom. The highest BCUT2D eigenvalue weighted by Crippen LogP contribution is 2.62. The van der Waals surface area contributed by atoms with Gasteiger partial charge in [0.25, 0.3) is 0 Å². The summed E-state index contributed by atoms with van der Waals surface area (Å²) in [5.41, 5.74) is 21.6. The first kappa shape index (κ1) is 34.2. The van der Waals surface area contributed by atoms with E-state index in [4.69, 9.17) is 4.98 Å². The number of nitrogens with zero attached hydrogens (tertiary/aromatic N) is 1. The highest BCUT2D eigenvalue weighted by Gasteiger charge is 2.53. The fraction of sp³-hybridized carbons (Fsp3) is 0.0702. The molecule has 274 valence electrons. The predicted octanol–water partition coefficient (Wildman–Crippen LogP) is 14.4. The van der Waals surface area contributed by atoms with E-state index in [1.54, 1.807) is 0 Å². The maximum Gasteiger partial charge on any atom is 0.0719 e. The average molecular weight is 740 g/mol. The van der Waals surface area contributed by atoms with E-state index in [0.717, 1.165) is 33.6 Å². The Kier molecular flexibility index (Phi) is 7.81. The highest BCUT2D eigenvalue weighted by atomic mass is 14.7. The van der Waals surface area contributed by atoms with Gasteiger partial charge in [0.05, 0.1) is 16.8 Å². The number of hydrogen-bond donors (Lipinski definition) is 0. The first-order valence-corrected chi connectivity index (χ1v) is 20.3. The van der Waals surface area contributed by atoms with Gasteiger partial charge in [0.15, 0.2) is 0 Å². The Labute approximate surface area is 341 Å². The number of rotatable bonds is 5. The molecule has 0 aliphatic heterocycles. The van der Waals surface area contributed by atoms with Crippen molar-refractivity contribution in [1.29, 1.82) is 0 Å². The van der Waals surface area contributed by atoms with E-state index in [2.05, 4.69) is 226 Å². The molecule has 0 saturated heterocycles. The smallest absolute Gasteiger partial charge is 0.0719 e. The van der Waals surface area contributed by atoms with Crippen LogP contribution in [0.1, 0.15) is 47.2 Å². The zero-order chi connectivity index (χ0) is 38.8. The van der Waals surface area contributed by atoms with Crippen LogP contribution in [0.25, 0.3) is 67.0 Å². The maximum atomic E-state index is 5.22. The molecule has 2 aliphatic carbocycles. The van der Waals surface area contributed by atoms with Crippen LogP contribution in [0.3, 0.4) is 0 Å². The van der Waals surface area contributed by atoms with Crippen molar-refractivity contribution in [1.82, 2.24) is 4.98 Å². The van der Waals surface area contributed by atoms with E-state index in [0.29, 0.717) is 0 Å². The summed E-state index contributed by atoms with van der Waals surface area (Å²) >= 11 is 0. The van der Waals surface area contributed by atoms with Gasteiger partial charge in [-0.15, -0.1) is 0 Å². The minimum absolute atomic E-state index is 0.112. The number of pyridine rings is 1. The van der Waals surface area contributed by atoms with Gasteiger partial charge in [0.2, 0.25) is 0 Å². The normalized spacial score (nSPS) is 14.0. The van der Waals surface area contributed by atoms with Gasteiger partial charge in [0.1, 0.15) is 0 Å². The van der Waals surface area contributed by atoms with Crippen molar-refractivity contribution >= 4 is 0 Å². The van der Waals surface area contributed by atoms with Crippen LogP contribution in [0.5, 0.6) is 0 Å². The molecule has 1 spiro atoms. The van der Waals surface area contributed by atoms with Crippen LogP contribution in [-0.2, 0) is 10.8 Å². The molecule has 0 unspecified atom stereocenters. The minimum Gasteiger partial charge on any atom is -0.248 e. The molecule has 0 bridgehead atoms. The maximum absolute atomic E-state index is 5.22. The molecule has 1 nitrogen and oxygen atoms in total. The summed E-state index contributed by atoms with van der Waals surface area (Å²) in [4.78, 5) is 5.22. The minimum atomic E-state index is -0.387. The molecular weight excluding hydrogens is 699 g/mol. The van der Waals surface area contributed by atoms with Gasteiger partial charge in [-0.25, -0.2) is 4.98 Å². The van der Waals surface area contributed by atoms with E-state index < -0.39 is 0 Å². The van der Waals surface area contributed by atoms with Gasteiger partial charge < -0.3 is 0 Å². The Morgan fingerprint density at radius 2 is 0.707 bits per heavy atom. The molecule has 1 heteroatoms. The van der Waals surface area contributed by atoms with Crippen molar-refractivity contribution in [2.75, 3.05) is 0 Å². The largest absolute Gasteiger partial charge is 0.248 e. The average Bonchev–Trinajstić information content (AvgIpc) is 3.59. The Hall–Kier alpha value is -7.09. The fourth-order valence-electron chi connectivity index (χ4n) is 10.0. The Bertz CT molecular complexity index is 2920. The summed E-state index contributed by atoms with van der Waals surface area (Å²) < 4.78 is 0. The molecule has 0 amide bonds. The van der Waals surface area contributed by atoms with Crippen LogP contribution in [0, 0.1) is 0 Å². The van der Waals surface area contributed by atoms with E-state index in [1.165, 1.54) is 66.8 Å². The zero-order valence-corrected chi connectivity index (χ0v) is 32.7. The molecular formula is C57H41N. The van der Waals surface area contributed by atoms with Crippen molar-refractivity contribution in [2.45, 2.75) is 24.7 Å². The Balaban J connectivity index is 1.02. The SMILES string of the molecule is CC1(C)c2ccccc2C2(c3ccccc3-c3cc(-c4cccc(-c5cccc(-c6cc(-c7ccccc7)cc(-c7ccccc7)n6)c5)c4)ccc32)c2ccccc21. The third-order valence-electron chi connectivity index (χ3n) is 12.7. The van der Waals surface area contributed by atoms with Gasteiger partial charge in [-0.05, 0) is 108 Å². The zero-order valence-electron chi connectivity index (χ0n) is 32.7. The molecule has 11 rings (SSSR count). The summed E-state index contributed by atoms with van der Waals surface area (Å²) in [6.07, 6.45) is 0. The molecule has 1 aromatic heterocycles. The summed E-state index contributed by atoms with van der Waals surface area (Å²) in [5, 5.41) is 0. The lowest BCUT2D eigenvalue weighted by Crippen LogP contribution is -2.40. The molecule has 0 atom stereocenters. The molecule has 0 N–H and O–H groups in total. The molecule has 0 fully saturated rings. The van der Waals surface area contributed by atoms with E-state index >= 15 is 0 Å². The second kappa shape index (κ2) is 13.3. The van der Waals surface area contributed by atoms with Crippen LogP contribution in [0.4, 0.5) is 0 Å². The lowest BCUT2D eigenvalue weighted by molar-refractivity contribution is 0.563. The van der Waals surface area contributed by atoms with Crippen molar-refractivity contribution in [3.05, 3.63) is 246 Å². The standard InChI is InChI=1S/C57H41N/c1-56(2)50-27-11-13-29-52(50)57(53-30-14-12-28-51(53)56)48-26-10-9-25-46(48)47-35-43(31-32-49(47)57)41-22-15-21-40(33-41)42-23-16-24-44(34-42)55-37-45(38-17-5-3-6-18-38)36-54(58-55)39-19-7-4-8-20-39/h3-37H,1-2H3. The number of fused-ring (bicyclic) bond motifs is 9. The van der Waals surface area contributed by atoms with Gasteiger partial charge >= 0.3 is 0 Å². The number of benzene rings is 8. The van der Waals surface area contributed by atoms with Crippen molar-refractivity contribution < 1.29 is 0 Å². The highest BCUT2D eigenvalue weighted by molar-refractivity contribution is 5.91. The lowest BCUT2D eigenvalue weighted by atomic mass is 9.55. The van der Waals surface area contributed by atoms with E-state index in [-0.39, 0.29) is 10.8 Å². The second-order valence-electron chi connectivity index (χ2n) is 16.3. The predicted molar refractivity (Wildman–Crippen MR) is 241 cm³/mol. The van der Waals surface area contributed by atoms with E-state index in [9.17, 15) is 0 Å². The van der Waals surface area contributed by atoms with E-state index in [1.807, 2.05) is 0 Å². The molecule has 9 aromatic rings. The van der Waals surface area contributed by atoms with Crippen LogP contribution >= 0.6 is 0 Å². The van der Waals surface area contributed by atoms with Crippen molar-refractivity contribution in [2.24, 2.45) is 0 Å². The molecule has 0 radical (unpaired) electrons. The third-order valence-corrected chi connectivity index (χ3v) is 12.7. The van der Waals surface area contributed by atoms with Crippen LogP contribution in [-0.4, -0.2) is 4.98 Å². The molecule has 58 heavy (non-hydrogen) atoms. The van der Waals surface area contributed by atoms with Gasteiger partial charge in [0, 0.05) is 16.5 Å². The van der Waals surface area contributed by atoms with Gasteiger partial charge in [-0.1, -0.05) is 196 Å². The van der Waals surface area contributed by atoms with Gasteiger partial charge in [-0.2, -0.15) is 0 Å². The fourth-order valence-corrected chi connectivity index (χ4v) is 10.0. The first-order valence-electron chi connectivity index (χ1n) is 20.3. The summed E-state index contributed by atoms with van der Waals surface area (Å²) in [6, 6.07) is 77.9. The monoisotopic (exact) mass is 739 g/mol. The van der Waals surface area contributed by atoms with Crippen molar-refractivity contribution in [3.8, 4) is 67.0 Å². The van der Waals surface area contributed by atoms with Crippen LogP contribution in [0.15, 0.2) is 212 Å². The Morgan fingerprint density at radius 3 is 1.33 bits per heavy atom. The molecule has 0 saturated carbocycles. The second-order valence-corrected chi connectivity index (χ2v) is 16.3. The molecule has 1 heterocycles. The summed E-state index contributed by atoms with van der Waals surface area (Å²) in [7, 11) is 0.